The fourth-order valence-corrected chi connectivity index (χ4v) is 3.61. The molecule has 0 amide bonds. The molecule has 27 heavy (non-hydrogen) atoms. The summed E-state index contributed by atoms with van der Waals surface area (Å²) in [5.41, 5.74) is 3.71. The second-order valence-corrected chi connectivity index (χ2v) is 7.24. The first kappa shape index (κ1) is 17.9. The predicted molar refractivity (Wildman–Crippen MR) is 101 cm³/mol. The summed E-state index contributed by atoms with van der Waals surface area (Å²) in [6.07, 6.45) is 6.25. The zero-order valence-corrected chi connectivity index (χ0v) is 16.0. The standard InChI is InChI=1S/C19H27N7O/c1-3-4-5-18-20-11-14(22-18)12-25-8-9-26-15(13-25)10-16(23-26)19(27)17-6-7-21-24(17)2/h6-7,10-11,19,27H,3-5,8-9,12-13H2,1-2H3,(H,20,22). The van der Waals surface area contributed by atoms with Crippen molar-refractivity contribution in [3.05, 3.63) is 53.1 Å². The van der Waals surface area contributed by atoms with E-state index in [-0.39, 0.29) is 0 Å². The van der Waals surface area contributed by atoms with Gasteiger partial charge in [0.1, 0.15) is 11.9 Å². The van der Waals surface area contributed by atoms with Crippen LogP contribution in [0.15, 0.2) is 24.5 Å². The van der Waals surface area contributed by atoms with Crippen LogP contribution in [0.3, 0.4) is 0 Å². The van der Waals surface area contributed by atoms with Crippen molar-refractivity contribution in [2.45, 2.75) is 51.9 Å². The number of aryl methyl sites for hydroxylation is 2. The number of hydrogen-bond donors (Lipinski definition) is 2. The van der Waals surface area contributed by atoms with Crippen LogP contribution >= 0.6 is 0 Å². The van der Waals surface area contributed by atoms with Gasteiger partial charge in [0, 0.05) is 51.2 Å². The molecule has 0 radical (unpaired) electrons. The molecule has 0 fully saturated rings. The number of aromatic nitrogens is 6. The van der Waals surface area contributed by atoms with Crippen LogP contribution in [0.5, 0.6) is 0 Å². The van der Waals surface area contributed by atoms with Crippen LogP contribution in [0.25, 0.3) is 0 Å². The smallest absolute Gasteiger partial charge is 0.139 e. The number of aromatic amines is 1. The summed E-state index contributed by atoms with van der Waals surface area (Å²) >= 11 is 0. The van der Waals surface area contributed by atoms with E-state index in [0.29, 0.717) is 5.69 Å². The van der Waals surface area contributed by atoms with Gasteiger partial charge in [-0.1, -0.05) is 13.3 Å². The van der Waals surface area contributed by atoms with Crippen molar-refractivity contribution in [3.63, 3.8) is 0 Å². The maximum absolute atomic E-state index is 10.6. The van der Waals surface area contributed by atoms with Crippen molar-refractivity contribution >= 4 is 0 Å². The van der Waals surface area contributed by atoms with Crippen LogP contribution in [0, 0.1) is 0 Å². The topological polar surface area (TPSA) is 87.8 Å². The summed E-state index contributed by atoms with van der Waals surface area (Å²) in [5.74, 6) is 1.08. The van der Waals surface area contributed by atoms with Crippen molar-refractivity contribution in [2.75, 3.05) is 6.54 Å². The number of aliphatic hydroxyl groups excluding tert-OH is 1. The van der Waals surface area contributed by atoms with E-state index < -0.39 is 6.10 Å². The number of fused-ring (bicyclic) bond motifs is 1. The molecule has 4 rings (SSSR count). The summed E-state index contributed by atoms with van der Waals surface area (Å²) in [6.45, 7) is 5.61. The zero-order valence-electron chi connectivity index (χ0n) is 16.0. The highest BCUT2D eigenvalue weighted by atomic mass is 16.3. The third-order valence-electron chi connectivity index (χ3n) is 5.16. The normalized spacial score (nSPS) is 15.8. The Hall–Kier alpha value is -2.45. The third kappa shape index (κ3) is 3.81. The summed E-state index contributed by atoms with van der Waals surface area (Å²) in [6, 6.07) is 3.83. The van der Waals surface area contributed by atoms with E-state index in [0.717, 1.165) is 61.9 Å². The Bertz CT molecular complexity index is 894. The van der Waals surface area contributed by atoms with Crippen molar-refractivity contribution in [3.8, 4) is 0 Å². The van der Waals surface area contributed by atoms with Gasteiger partial charge in [0.2, 0.25) is 0 Å². The molecule has 1 unspecified atom stereocenters. The molecule has 4 heterocycles. The molecule has 3 aromatic heterocycles. The van der Waals surface area contributed by atoms with E-state index in [9.17, 15) is 5.11 Å². The van der Waals surface area contributed by atoms with E-state index in [2.05, 4.69) is 32.0 Å². The second-order valence-electron chi connectivity index (χ2n) is 7.24. The van der Waals surface area contributed by atoms with Gasteiger partial charge in [-0.2, -0.15) is 10.2 Å². The molecule has 3 aromatic rings. The molecule has 8 heteroatoms. The van der Waals surface area contributed by atoms with Gasteiger partial charge in [0.05, 0.1) is 23.6 Å². The fraction of sp³-hybridized carbons (Fsp3) is 0.526. The number of H-pyrrole nitrogens is 1. The van der Waals surface area contributed by atoms with E-state index in [4.69, 9.17) is 0 Å². The highest BCUT2D eigenvalue weighted by Gasteiger charge is 2.23. The van der Waals surface area contributed by atoms with Gasteiger partial charge >= 0.3 is 0 Å². The quantitative estimate of drug-likeness (QED) is 0.663. The average molecular weight is 369 g/mol. The molecule has 0 spiro atoms. The number of aliphatic hydroxyl groups is 1. The maximum Gasteiger partial charge on any atom is 0.139 e. The van der Waals surface area contributed by atoms with Gasteiger partial charge in [0.15, 0.2) is 0 Å². The van der Waals surface area contributed by atoms with Crippen LogP contribution in [0.1, 0.15) is 54.5 Å². The van der Waals surface area contributed by atoms with Crippen LogP contribution in [-0.4, -0.2) is 46.1 Å². The molecular weight excluding hydrogens is 342 g/mol. The van der Waals surface area contributed by atoms with Crippen molar-refractivity contribution in [2.24, 2.45) is 7.05 Å². The molecule has 1 atom stereocenters. The largest absolute Gasteiger partial charge is 0.380 e. The van der Waals surface area contributed by atoms with Gasteiger partial charge in [-0.15, -0.1) is 0 Å². The van der Waals surface area contributed by atoms with Gasteiger partial charge < -0.3 is 10.1 Å². The lowest BCUT2D eigenvalue weighted by atomic mass is 10.1. The molecule has 1 aliphatic heterocycles. The Labute approximate surface area is 158 Å². The molecule has 0 saturated heterocycles. The first-order chi connectivity index (χ1) is 13.1. The number of imidazole rings is 1. The third-order valence-corrected chi connectivity index (χ3v) is 5.16. The summed E-state index contributed by atoms with van der Waals surface area (Å²) < 4.78 is 3.69. The molecule has 0 aromatic carbocycles. The first-order valence-corrected chi connectivity index (χ1v) is 9.61. The van der Waals surface area contributed by atoms with Crippen molar-refractivity contribution < 1.29 is 5.11 Å². The van der Waals surface area contributed by atoms with Crippen molar-refractivity contribution in [1.82, 2.24) is 34.4 Å². The van der Waals surface area contributed by atoms with E-state index in [1.54, 1.807) is 10.9 Å². The lowest BCUT2D eigenvalue weighted by Gasteiger charge is -2.26. The molecule has 144 valence electrons. The van der Waals surface area contributed by atoms with Crippen molar-refractivity contribution in [1.29, 1.82) is 0 Å². The summed E-state index contributed by atoms with van der Waals surface area (Å²) in [5, 5.41) is 19.4. The molecular formula is C19H27N7O. The second kappa shape index (κ2) is 7.66. The van der Waals surface area contributed by atoms with Crippen LogP contribution in [0.4, 0.5) is 0 Å². The Morgan fingerprint density at radius 3 is 3.00 bits per heavy atom. The van der Waals surface area contributed by atoms with Crippen LogP contribution in [-0.2, 0) is 33.1 Å². The minimum absolute atomic E-state index is 0.679. The molecule has 0 aliphatic carbocycles. The summed E-state index contributed by atoms with van der Waals surface area (Å²) in [4.78, 5) is 10.3. The number of hydrogen-bond acceptors (Lipinski definition) is 5. The van der Waals surface area contributed by atoms with Gasteiger partial charge in [-0.05, 0) is 18.6 Å². The lowest BCUT2D eigenvalue weighted by Crippen LogP contribution is -2.33. The fourth-order valence-electron chi connectivity index (χ4n) is 3.61. The zero-order chi connectivity index (χ0) is 18.8. The Kier molecular flexibility index (Phi) is 5.09. The SMILES string of the molecule is CCCCc1ncc(CN2CCn3nc(C(O)c4ccnn4C)cc3C2)[nH]1. The van der Waals surface area contributed by atoms with Crippen LogP contribution < -0.4 is 0 Å². The maximum atomic E-state index is 10.6. The monoisotopic (exact) mass is 369 g/mol. The molecule has 1 aliphatic rings. The average Bonchev–Trinajstić information content (AvgIpc) is 3.38. The predicted octanol–water partition coefficient (Wildman–Crippen LogP) is 1.78. The highest BCUT2D eigenvalue weighted by molar-refractivity contribution is 5.22. The van der Waals surface area contributed by atoms with E-state index in [1.807, 2.05) is 30.1 Å². The first-order valence-electron chi connectivity index (χ1n) is 9.61. The number of unbranched alkanes of at least 4 members (excludes halogenated alkanes) is 1. The highest BCUT2D eigenvalue weighted by Crippen LogP contribution is 2.23. The van der Waals surface area contributed by atoms with Gasteiger partial charge in [-0.25, -0.2) is 4.98 Å². The van der Waals surface area contributed by atoms with Gasteiger partial charge in [0.25, 0.3) is 0 Å². The minimum atomic E-state index is -0.752. The van der Waals surface area contributed by atoms with E-state index >= 15 is 0 Å². The summed E-state index contributed by atoms with van der Waals surface area (Å²) in [7, 11) is 1.83. The number of nitrogens with one attached hydrogen (secondary N) is 1. The van der Waals surface area contributed by atoms with Crippen LogP contribution in [0.2, 0.25) is 0 Å². The van der Waals surface area contributed by atoms with Gasteiger partial charge in [-0.3, -0.25) is 14.3 Å². The van der Waals surface area contributed by atoms with E-state index in [1.165, 1.54) is 6.42 Å². The number of nitrogens with zero attached hydrogens (tertiary/aromatic N) is 6. The minimum Gasteiger partial charge on any atom is -0.380 e. The lowest BCUT2D eigenvalue weighted by molar-refractivity contribution is 0.195. The Morgan fingerprint density at radius 1 is 1.33 bits per heavy atom. The molecule has 8 nitrogen and oxygen atoms in total. The molecule has 0 bridgehead atoms. The molecule has 2 N–H and O–H groups in total. The Balaban J connectivity index is 1.42. The Morgan fingerprint density at radius 2 is 2.22 bits per heavy atom. The molecule has 0 saturated carbocycles. The number of rotatable bonds is 7.